The number of aryl methyl sites for hydroxylation is 1. The van der Waals surface area contributed by atoms with Gasteiger partial charge >= 0.3 is 0 Å². The number of hydrogen-bond donors (Lipinski definition) is 5. The first-order valence-corrected chi connectivity index (χ1v) is 12.2. The van der Waals surface area contributed by atoms with E-state index in [-0.39, 0.29) is 22.0 Å². The van der Waals surface area contributed by atoms with E-state index in [1.54, 1.807) is 42.6 Å². The van der Waals surface area contributed by atoms with Crippen molar-refractivity contribution in [2.45, 2.75) is 17.9 Å². The van der Waals surface area contributed by atoms with Crippen molar-refractivity contribution in [3.05, 3.63) is 88.8 Å². The molecule has 0 saturated heterocycles. The zero-order valence-electron chi connectivity index (χ0n) is 18.0. The van der Waals surface area contributed by atoms with Gasteiger partial charge in [-0.15, -0.1) is 4.40 Å². The van der Waals surface area contributed by atoms with Crippen LogP contribution in [0.5, 0.6) is 5.75 Å². The number of nitrogens with one attached hydrogen (secondary N) is 2. The topological polar surface area (TPSA) is 132 Å². The molecular weight excluding hydrogens is 454 g/mol. The number of amidine groups is 1. The largest absolute Gasteiger partial charge is 0.506 e. The van der Waals surface area contributed by atoms with E-state index in [0.717, 1.165) is 5.69 Å². The van der Waals surface area contributed by atoms with Crippen molar-refractivity contribution >= 4 is 39.0 Å². The summed E-state index contributed by atoms with van der Waals surface area (Å²) in [7, 11) is -3.55. The lowest BCUT2D eigenvalue weighted by Crippen LogP contribution is -2.32. The highest BCUT2D eigenvalue weighted by atomic mass is 32.3. The highest BCUT2D eigenvalue weighted by molar-refractivity contribution is 8.23. The maximum Gasteiger partial charge on any atom is 0.267 e. The summed E-state index contributed by atoms with van der Waals surface area (Å²) < 4.78 is 26.7. The Morgan fingerprint density at radius 1 is 1.00 bits per heavy atom. The number of hydrogen-bond acceptors (Lipinski definition) is 8. The van der Waals surface area contributed by atoms with Gasteiger partial charge in [0.2, 0.25) is 0 Å². The predicted octanol–water partition coefficient (Wildman–Crippen LogP) is 4.50. The molecule has 0 unspecified atom stereocenters. The van der Waals surface area contributed by atoms with Crippen molar-refractivity contribution in [2.24, 2.45) is 4.40 Å². The van der Waals surface area contributed by atoms with Crippen LogP contribution in [0.15, 0.2) is 87.0 Å². The van der Waals surface area contributed by atoms with Crippen LogP contribution in [0.2, 0.25) is 0 Å². The number of anilines is 2. The number of fused-ring (bicyclic) bond motifs is 2. The molecule has 4 aromatic rings. The summed E-state index contributed by atoms with van der Waals surface area (Å²) in [6, 6.07) is 19.7. The lowest BCUT2D eigenvalue weighted by molar-refractivity contribution is 0.476. The van der Waals surface area contributed by atoms with Crippen LogP contribution in [0.4, 0.5) is 11.4 Å². The predicted molar refractivity (Wildman–Crippen MR) is 135 cm³/mol. The molecule has 5 N–H and O–H groups in total. The normalized spacial score (nSPS) is 15.2. The average molecular weight is 478 g/mol. The molecule has 0 atom stereocenters. The van der Waals surface area contributed by atoms with E-state index in [9.17, 15) is 19.0 Å². The van der Waals surface area contributed by atoms with Gasteiger partial charge in [0.1, 0.15) is 21.9 Å². The van der Waals surface area contributed by atoms with Crippen LogP contribution in [0.1, 0.15) is 12.0 Å². The van der Waals surface area contributed by atoms with Gasteiger partial charge in [0, 0.05) is 25.0 Å². The Balaban J connectivity index is 1.53. The van der Waals surface area contributed by atoms with E-state index in [1.165, 1.54) is 4.57 Å². The second kappa shape index (κ2) is 8.82. The molecule has 0 bridgehead atoms. The molecule has 2 aromatic carbocycles. The number of aromatic hydroxyl groups is 1. The number of benzene rings is 2. The zero-order valence-corrected chi connectivity index (χ0v) is 18.9. The highest BCUT2D eigenvalue weighted by Crippen LogP contribution is 2.55. The summed E-state index contributed by atoms with van der Waals surface area (Å²) in [5.41, 5.74) is 1.08. The Morgan fingerprint density at radius 2 is 1.76 bits per heavy atom. The van der Waals surface area contributed by atoms with Crippen LogP contribution < -0.4 is 16.2 Å². The Labute approximate surface area is 196 Å². The van der Waals surface area contributed by atoms with Crippen LogP contribution in [-0.4, -0.2) is 36.1 Å². The second-order valence-corrected chi connectivity index (χ2v) is 9.44. The van der Waals surface area contributed by atoms with Crippen molar-refractivity contribution in [2.75, 3.05) is 17.2 Å². The van der Waals surface area contributed by atoms with Crippen LogP contribution in [0.3, 0.4) is 0 Å². The third kappa shape index (κ3) is 3.98. The number of aromatic nitrogens is 2. The Bertz CT molecular complexity index is 1450. The molecule has 0 amide bonds. The number of pyridine rings is 2. The fourth-order valence-electron chi connectivity index (χ4n) is 3.95. The molecule has 34 heavy (non-hydrogen) atoms. The molecule has 0 fully saturated rings. The van der Waals surface area contributed by atoms with Crippen LogP contribution in [0.25, 0.3) is 11.0 Å². The molecule has 0 radical (unpaired) electrons. The first-order chi connectivity index (χ1) is 16.5. The molecule has 0 spiro atoms. The summed E-state index contributed by atoms with van der Waals surface area (Å²) >= 11 is 0. The first kappa shape index (κ1) is 22.0. The SMILES string of the molecule is O=c1c(C2=NS(O)(O)c3ccccc3N2)c(O)c2cccnc2n1CCCNc1ccccc1. The maximum atomic E-state index is 13.6. The van der Waals surface area contributed by atoms with Gasteiger partial charge < -0.3 is 15.7 Å². The van der Waals surface area contributed by atoms with E-state index in [1.807, 2.05) is 30.3 Å². The Morgan fingerprint density at radius 3 is 2.59 bits per heavy atom. The standard InChI is InChI=1S/C24H23N5O4S/c30-21-17-10-6-13-26-23(17)29(15-7-14-25-16-8-2-1-3-9-16)24(31)20(21)22-27-18-11-4-5-12-19(18)34(32,33)28-22/h1-6,8-13,25,30,32-33H,7,14-15H2,(H,27,28). The van der Waals surface area contributed by atoms with Gasteiger partial charge in [0.25, 0.3) is 5.56 Å². The van der Waals surface area contributed by atoms with Gasteiger partial charge in [-0.25, -0.2) is 4.98 Å². The Kier molecular flexibility index (Phi) is 5.70. The minimum atomic E-state index is -3.55. The highest BCUT2D eigenvalue weighted by Gasteiger charge is 2.30. The molecule has 0 aliphatic carbocycles. The molecule has 3 heterocycles. The fourth-order valence-corrected chi connectivity index (χ4v) is 5.12. The average Bonchev–Trinajstić information content (AvgIpc) is 2.84. The van der Waals surface area contributed by atoms with Gasteiger partial charge in [-0.2, -0.15) is 0 Å². The van der Waals surface area contributed by atoms with Crippen LogP contribution in [0, 0.1) is 0 Å². The van der Waals surface area contributed by atoms with Crippen molar-refractivity contribution in [1.82, 2.24) is 9.55 Å². The smallest absolute Gasteiger partial charge is 0.267 e. The zero-order chi connectivity index (χ0) is 23.7. The lowest BCUT2D eigenvalue weighted by atomic mass is 10.1. The fraction of sp³-hybridized carbons (Fsp3) is 0.125. The van der Waals surface area contributed by atoms with E-state index in [2.05, 4.69) is 20.0 Å². The number of nitrogens with zero attached hydrogens (tertiary/aromatic N) is 3. The van der Waals surface area contributed by atoms with Gasteiger partial charge in [-0.05, 0) is 42.8 Å². The van der Waals surface area contributed by atoms with Gasteiger partial charge in [-0.3, -0.25) is 18.5 Å². The minimum Gasteiger partial charge on any atom is -0.506 e. The summed E-state index contributed by atoms with van der Waals surface area (Å²) in [5.74, 6) is -0.407. The molecule has 0 saturated carbocycles. The molecule has 1 aliphatic rings. The third-order valence-corrected chi connectivity index (χ3v) is 6.93. The molecule has 1 aliphatic heterocycles. The van der Waals surface area contributed by atoms with E-state index >= 15 is 0 Å². The monoisotopic (exact) mass is 477 g/mol. The van der Waals surface area contributed by atoms with Gasteiger partial charge in [0.15, 0.2) is 5.84 Å². The maximum absolute atomic E-state index is 13.6. The van der Waals surface area contributed by atoms with E-state index in [0.29, 0.717) is 36.2 Å². The van der Waals surface area contributed by atoms with Gasteiger partial charge in [0.05, 0.1) is 11.1 Å². The third-order valence-electron chi connectivity index (χ3n) is 5.55. The first-order valence-electron chi connectivity index (χ1n) is 10.7. The molecule has 10 heteroatoms. The van der Waals surface area contributed by atoms with Crippen molar-refractivity contribution < 1.29 is 14.2 Å². The summed E-state index contributed by atoms with van der Waals surface area (Å²) in [6.45, 7) is 0.952. The summed E-state index contributed by atoms with van der Waals surface area (Å²) in [5, 5.41) is 17.7. The Hall–Kier alpha value is -3.86. The lowest BCUT2D eigenvalue weighted by Gasteiger charge is -2.34. The second-order valence-electron chi connectivity index (χ2n) is 7.78. The number of para-hydroxylation sites is 2. The minimum absolute atomic E-state index is 0.0943. The van der Waals surface area contributed by atoms with Gasteiger partial charge in [-0.1, -0.05) is 41.1 Å². The van der Waals surface area contributed by atoms with Crippen LogP contribution >= 0.6 is 10.8 Å². The molecule has 2 aromatic heterocycles. The van der Waals surface area contributed by atoms with Crippen molar-refractivity contribution in [3.63, 3.8) is 0 Å². The molecular formula is C24H23N5O4S. The summed E-state index contributed by atoms with van der Waals surface area (Å²) in [6.07, 6.45) is 2.17. The van der Waals surface area contributed by atoms with E-state index in [4.69, 9.17) is 0 Å². The van der Waals surface area contributed by atoms with E-state index < -0.39 is 16.3 Å². The molecule has 9 nitrogen and oxygen atoms in total. The number of rotatable bonds is 6. The van der Waals surface area contributed by atoms with Crippen molar-refractivity contribution in [3.8, 4) is 5.75 Å². The van der Waals surface area contributed by atoms with Crippen molar-refractivity contribution in [1.29, 1.82) is 0 Å². The quantitative estimate of drug-likeness (QED) is 0.258. The molecule has 174 valence electrons. The molecule has 5 rings (SSSR count). The summed E-state index contributed by atoms with van der Waals surface area (Å²) in [4.78, 5) is 18.1. The van der Waals surface area contributed by atoms with Crippen LogP contribution in [-0.2, 0) is 6.54 Å².